The third-order valence-corrected chi connectivity index (χ3v) is 3.36. The fraction of sp³-hybridized carbons (Fsp3) is 0.500. The van der Waals surface area contributed by atoms with Crippen molar-refractivity contribution >= 4 is 11.9 Å². The summed E-state index contributed by atoms with van der Waals surface area (Å²) in [5, 5.41) is 9.15. The van der Waals surface area contributed by atoms with Crippen LogP contribution in [0.3, 0.4) is 0 Å². The van der Waals surface area contributed by atoms with E-state index in [0.29, 0.717) is 17.9 Å². The first-order valence-corrected chi connectivity index (χ1v) is 7.32. The first-order chi connectivity index (χ1) is 10.6. The van der Waals surface area contributed by atoms with Gasteiger partial charge in [0.25, 0.3) is 0 Å². The van der Waals surface area contributed by atoms with E-state index in [1.165, 1.54) is 6.92 Å². The molecule has 1 aliphatic heterocycles. The molecule has 6 heteroatoms. The van der Waals surface area contributed by atoms with Gasteiger partial charge in [-0.05, 0) is 24.5 Å². The van der Waals surface area contributed by atoms with Gasteiger partial charge in [0.15, 0.2) is 6.29 Å². The number of ether oxygens (including phenoxy) is 3. The molecule has 0 aromatic heterocycles. The SMILES string of the molecule is CC(=O)O[C@@H](Cc1ccccc1OC1CCCCO1)C(=O)O. The van der Waals surface area contributed by atoms with Crippen molar-refractivity contribution in [2.45, 2.75) is 45.0 Å². The van der Waals surface area contributed by atoms with Crippen molar-refractivity contribution < 1.29 is 28.9 Å². The molecule has 1 aromatic carbocycles. The third-order valence-electron chi connectivity index (χ3n) is 3.36. The van der Waals surface area contributed by atoms with Gasteiger partial charge in [-0.3, -0.25) is 4.79 Å². The summed E-state index contributed by atoms with van der Waals surface area (Å²) in [5.41, 5.74) is 0.672. The van der Waals surface area contributed by atoms with E-state index in [0.717, 1.165) is 19.3 Å². The second-order valence-electron chi connectivity index (χ2n) is 5.16. The molecule has 0 radical (unpaired) electrons. The summed E-state index contributed by atoms with van der Waals surface area (Å²) in [6.07, 6.45) is 1.38. The van der Waals surface area contributed by atoms with Gasteiger partial charge in [-0.15, -0.1) is 0 Å². The average molecular weight is 308 g/mol. The van der Waals surface area contributed by atoms with Crippen LogP contribution >= 0.6 is 0 Å². The summed E-state index contributed by atoms with van der Waals surface area (Å²) >= 11 is 0. The predicted octanol–water partition coefficient (Wildman–Crippen LogP) is 2.15. The summed E-state index contributed by atoms with van der Waals surface area (Å²) in [5.74, 6) is -1.24. The quantitative estimate of drug-likeness (QED) is 0.811. The number of aliphatic carboxylic acids is 1. The second-order valence-corrected chi connectivity index (χ2v) is 5.16. The fourth-order valence-corrected chi connectivity index (χ4v) is 2.31. The van der Waals surface area contributed by atoms with E-state index in [1.807, 2.05) is 6.07 Å². The molecule has 6 nitrogen and oxygen atoms in total. The molecule has 1 aromatic rings. The lowest BCUT2D eigenvalue weighted by Gasteiger charge is -2.25. The summed E-state index contributed by atoms with van der Waals surface area (Å²) in [6, 6.07) is 7.12. The van der Waals surface area contributed by atoms with Crippen molar-refractivity contribution in [2.75, 3.05) is 6.61 Å². The average Bonchev–Trinajstić information content (AvgIpc) is 2.49. The van der Waals surface area contributed by atoms with Gasteiger partial charge >= 0.3 is 11.9 Å². The number of hydrogen-bond acceptors (Lipinski definition) is 5. The van der Waals surface area contributed by atoms with Gasteiger partial charge in [0.2, 0.25) is 6.10 Å². The fourth-order valence-electron chi connectivity index (χ4n) is 2.31. The molecule has 0 saturated carbocycles. The molecular weight excluding hydrogens is 288 g/mol. The van der Waals surface area contributed by atoms with Gasteiger partial charge in [-0.25, -0.2) is 4.79 Å². The number of hydrogen-bond donors (Lipinski definition) is 1. The number of carbonyl (C=O) groups excluding carboxylic acids is 1. The van der Waals surface area contributed by atoms with Crippen LogP contribution in [0.1, 0.15) is 31.7 Å². The van der Waals surface area contributed by atoms with E-state index in [2.05, 4.69) is 0 Å². The highest BCUT2D eigenvalue weighted by atomic mass is 16.7. The number of carbonyl (C=O) groups is 2. The Balaban J connectivity index is 2.09. The molecule has 0 amide bonds. The third kappa shape index (κ3) is 4.73. The van der Waals surface area contributed by atoms with Crippen LogP contribution < -0.4 is 4.74 Å². The van der Waals surface area contributed by atoms with Crippen molar-refractivity contribution in [1.29, 1.82) is 0 Å². The van der Waals surface area contributed by atoms with Gasteiger partial charge in [0.05, 0.1) is 6.61 Å². The largest absolute Gasteiger partial charge is 0.478 e. The number of esters is 1. The van der Waals surface area contributed by atoms with Crippen molar-refractivity contribution in [3.8, 4) is 5.75 Å². The minimum absolute atomic E-state index is 0.0534. The summed E-state index contributed by atoms with van der Waals surface area (Å²) in [7, 11) is 0. The number of rotatable bonds is 6. The van der Waals surface area contributed by atoms with E-state index in [1.54, 1.807) is 18.2 Å². The minimum atomic E-state index is -1.23. The molecule has 2 rings (SSSR count). The molecule has 1 N–H and O–H groups in total. The summed E-state index contributed by atoms with van der Waals surface area (Å²) in [4.78, 5) is 22.2. The normalized spacial score (nSPS) is 19.2. The van der Waals surface area contributed by atoms with Gasteiger partial charge in [0.1, 0.15) is 5.75 Å². The highest BCUT2D eigenvalue weighted by molar-refractivity contribution is 5.77. The van der Waals surface area contributed by atoms with Gasteiger partial charge < -0.3 is 19.3 Å². The molecule has 1 heterocycles. The number of carboxylic acid groups (broad SMARTS) is 1. The van der Waals surface area contributed by atoms with Crippen molar-refractivity contribution in [3.05, 3.63) is 29.8 Å². The number of benzene rings is 1. The smallest absolute Gasteiger partial charge is 0.345 e. The first-order valence-electron chi connectivity index (χ1n) is 7.32. The molecule has 1 saturated heterocycles. The van der Waals surface area contributed by atoms with Crippen molar-refractivity contribution in [3.63, 3.8) is 0 Å². The molecular formula is C16H20O6. The van der Waals surface area contributed by atoms with Crippen LogP contribution in [0.5, 0.6) is 5.75 Å². The van der Waals surface area contributed by atoms with E-state index < -0.39 is 18.0 Å². The van der Waals surface area contributed by atoms with Gasteiger partial charge in [0, 0.05) is 19.8 Å². The molecule has 22 heavy (non-hydrogen) atoms. The Morgan fingerprint density at radius 3 is 2.77 bits per heavy atom. The Hall–Kier alpha value is -2.08. The van der Waals surface area contributed by atoms with Crippen LogP contribution in [0.4, 0.5) is 0 Å². The van der Waals surface area contributed by atoms with Gasteiger partial charge in [-0.2, -0.15) is 0 Å². The molecule has 120 valence electrons. The molecule has 1 aliphatic rings. The molecule has 0 spiro atoms. The van der Waals surface area contributed by atoms with E-state index in [9.17, 15) is 9.59 Å². The standard InChI is InChI=1S/C16H20O6/c1-11(17)21-14(16(18)19)10-12-6-2-3-7-13(12)22-15-8-4-5-9-20-15/h2-3,6-7,14-15H,4-5,8-10H2,1H3,(H,18,19)/t14-,15?/m0/s1. The zero-order chi connectivity index (χ0) is 15.9. The molecule has 1 fully saturated rings. The Bertz CT molecular complexity index is 521. The number of carboxylic acids is 1. The summed E-state index contributed by atoms with van der Waals surface area (Å²) in [6.45, 7) is 1.85. The zero-order valence-electron chi connectivity index (χ0n) is 12.5. The molecule has 0 aliphatic carbocycles. The van der Waals surface area contributed by atoms with E-state index >= 15 is 0 Å². The summed E-state index contributed by atoms with van der Waals surface area (Å²) < 4.78 is 16.2. The lowest BCUT2D eigenvalue weighted by Crippen LogP contribution is -2.29. The zero-order valence-corrected chi connectivity index (χ0v) is 12.5. The maximum absolute atomic E-state index is 11.2. The van der Waals surface area contributed by atoms with Gasteiger partial charge in [-0.1, -0.05) is 18.2 Å². The number of para-hydroxylation sites is 1. The van der Waals surface area contributed by atoms with Crippen LogP contribution in [0.2, 0.25) is 0 Å². The Labute approximate surface area is 129 Å². The van der Waals surface area contributed by atoms with Crippen LogP contribution in [0.25, 0.3) is 0 Å². The monoisotopic (exact) mass is 308 g/mol. The maximum Gasteiger partial charge on any atom is 0.345 e. The predicted molar refractivity (Wildman–Crippen MR) is 77.6 cm³/mol. The van der Waals surface area contributed by atoms with E-state index in [-0.39, 0.29) is 12.7 Å². The van der Waals surface area contributed by atoms with Crippen LogP contribution in [0, 0.1) is 0 Å². The Morgan fingerprint density at radius 1 is 1.36 bits per heavy atom. The van der Waals surface area contributed by atoms with Crippen LogP contribution in [-0.2, 0) is 25.5 Å². The molecule has 0 bridgehead atoms. The lowest BCUT2D eigenvalue weighted by molar-refractivity contribution is -0.162. The topological polar surface area (TPSA) is 82.1 Å². The van der Waals surface area contributed by atoms with E-state index in [4.69, 9.17) is 19.3 Å². The molecule has 2 atom stereocenters. The lowest BCUT2D eigenvalue weighted by atomic mass is 10.1. The van der Waals surface area contributed by atoms with Crippen LogP contribution in [0.15, 0.2) is 24.3 Å². The Kier molecular flexibility index (Phi) is 5.77. The highest BCUT2D eigenvalue weighted by Crippen LogP contribution is 2.24. The first kappa shape index (κ1) is 16.3. The maximum atomic E-state index is 11.2. The second kappa shape index (κ2) is 7.79. The van der Waals surface area contributed by atoms with Crippen LogP contribution in [-0.4, -0.2) is 36.0 Å². The minimum Gasteiger partial charge on any atom is -0.478 e. The van der Waals surface area contributed by atoms with Crippen molar-refractivity contribution in [2.24, 2.45) is 0 Å². The molecule has 1 unspecified atom stereocenters. The van der Waals surface area contributed by atoms with Crippen molar-refractivity contribution in [1.82, 2.24) is 0 Å². The Morgan fingerprint density at radius 2 is 2.14 bits per heavy atom. The highest BCUT2D eigenvalue weighted by Gasteiger charge is 2.24.